The summed E-state index contributed by atoms with van der Waals surface area (Å²) >= 11 is 0. The number of nitrogens with one attached hydrogen (secondary N) is 1. The highest BCUT2D eigenvalue weighted by atomic mass is 16.5. The molecule has 154 valence electrons. The minimum atomic E-state index is -0.171. The van der Waals surface area contributed by atoms with Gasteiger partial charge in [0.05, 0.1) is 25.5 Å². The van der Waals surface area contributed by atoms with Gasteiger partial charge in [0.2, 0.25) is 5.91 Å². The molecular formula is C23H24N4O3. The summed E-state index contributed by atoms with van der Waals surface area (Å²) in [5.74, 6) is 0.641. The molecule has 0 atom stereocenters. The van der Waals surface area contributed by atoms with E-state index in [1.807, 2.05) is 55.5 Å². The van der Waals surface area contributed by atoms with Gasteiger partial charge in [-0.15, -0.1) is 0 Å². The summed E-state index contributed by atoms with van der Waals surface area (Å²) < 4.78 is 8.54. The Morgan fingerprint density at radius 1 is 1.13 bits per heavy atom. The van der Waals surface area contributed by atoms with Gasteiger partial charge in [0.1, 0.15) is 23.3 Å². The molecule has 0 aliphatic rings. The number of carbonyl (C=O) groups is 1. The fraction of sp³-hybridized carbons (Fsp3) is 0.261. The molecule has 7 nitrogen and oxygen atoms in total. The molecule has 0 unspecified atom stereocenters. The summed E-state index contributed by atoms with van der Waals surface area (Å²) in [7, 11) is 1.62. The molecule has 1 N–H and O–H groups in total. The van der Waals surface area contributed by atoms with E-state index in [0.29, 0.717) is 24.1 Å². The smallest absolute Gasteiger partial charge is 0.278 e. The average molecular weight is 404 g/mol. The van der Waals surface area contributed by atoms with Gasteiger partial charge in [-0.3, -0.25) is 14.2 Å². The molecule has 0 aliphatic heterocycles. The Labute approximate surface area is 173 Å². The normalized spacial score (nSPS) is 11.1. The van der Waals surface area contributed by atoms with Crippen molar-refractivity contribution in [1.29, 1.82) is 0 Å². The van der Waals surface area contributed by atoms with Crippen molar-refractivity contribution in [2.75, 3.05) is 13.7 Å². The Bertz CT molecular complexity index is 1260. The Morgan fingerprint density at radius 3 is 2.63 bits per heavy atom. The zero-order valence-electron chi connectivity index (χ0n) is 17.1. The Morgan fingerprint density at radius 2 is 1.90 bits per heavy atom. The van der Waals surface area contributed by atoms with Crippen LogP contribution in [0.2, 0.25) is 0 Å². The molecule has 4 rings (SSSR count). The predicted molar refractivity (Wildman–Crippen MR) is 117 cm³/mol. The number of aromatic nitrogens is 3. The first-order valence-electron chi connectivity index (χ1n) is 9.98. The number of nitrogens with zero attached hydrogens (tertiary/aromatic N) is 3. The molecule has 0 fully saturated rings. The number of benzene rings is 2. The molecule has 2 heterocycles. The SMILES string of the molecule is CCCNC(=O)Cn1c2ccccc2c2ncn(Cc3ccc(OC)cc3)c(=O)c21. The first-order chi connectivity index (χ1) is 14.6. The van der Waals surface area contributed by atoms with Crippen molar-refractivity contribution in [3.05, 3.63) is 70.8 Å². The van der Waals surface area contributed by atoms with Crippen LogP contribution in [0.5, 0.6) is 5.75 Å². The van der Waals surface area contributed by atoms with Crippen molar-refractivity contribution in [3.63, 3.8) is 0 Å². The van der Waals surface area contributed by atoms with Crippen molar-refractivity contribution < 1.29 is 9.53 Å². The van der Waals surface area contributed by atoms with Crippen LogP contribution >= 0.6 is 0 Å². The first kappa shape index (κ1) is 19.7. The van der Waals surface area contributed by atoms with Crippen LogP contribution in [0.25, 0.3) is 21.9 Å². The molecular weight excluding hydrogens is 380 g/mol. The van der Waals surface area contributed by atoms with E-state index in [1.54, 1.807) is 22.6 Å². The van der Waals surface area contributed by atoms with Crippen molar-refractivity contribution in [1.82, 2.24) is 19.4 Å². The molecule has 0 radical (unpaired) electrons. The number of carbonyl (C=O) groups excluding carboxylic acids is 1. The lowest BCUT2D eigenvalue weighted by Gasteiger charge is -2.10. The predicted octanol–water partition coefficient (Wildman–Crippen LogP) is 2.93. The van der Waals surface area contributed by atoms with Gasteiger partial charge in [-0.1, -0.05) is 37.3 Å². The minimum absolute atomic E-state index is 0.0769. The van der Waals surface area contributed by atoms with Crippen molar-refractivity contribution >= 4 is 27.8 Å². The highest BCUT2D eigenvalue weighted by molar-refractivity contribution is 6.06. The maximum absolute atomic E-state index is 13.4. The second kappa shape index (κ2) is 8.41. The lowest BCUT2D eigenvalue weighted by Crippen LogP contribution is -2.30. The number of rotatable bonds is 7. The summed E-state index contributed by atoms with van der Waals surface area (Å²) in [5.41, 5.74) is 2.67. The van der Waals surface area contributed by atoms with Gasteiger partial charge in [0.25, 0.3) is 5.56 Å². The van der Waals surface area contributed by atoms with E-state index in [9.17, 15) is 9.59 Å². The van der Waals surface area contributed by atoms with Crippen LogP contribution in [0.3, 0.4) is 0 Å². The van der Waals surface area contributed by atoms with Crippen LogP contribution < -0.4 is 15.6 Å². The maximum Gasteiger partial charge on any atom is 0.278 e. The summed E-state index contributed by atoms with van der Waals surface area (Å²) in [6, 6.07) is 15.2. The van der Waals surface area contributed by atoms with Gasteiger partial charge in [-0.05, 0) is 30.2 Å². The number of para-hydroxylation sites is 1. The monoisotopic (exact) mass is 404 g/mol. The van der Waals surface area contributed by atoms with Crippen LogP contribution in [0, 0.1) is 0 Å². The third kappa shape index (κ3) is 3.66. The molecule has 30 heavy (non-hydrogen) atoms. The second-order valence-electron chi connectivity index (χ2n) is 7.18. The van der Waals surface area contributed by atoms with Crippen LogP contribution in [-0.4, -0.2) is 33.7 Å². The summed E-state index contributed by atoms with van der Waals surface area (Å²) in [6.07, 6.45) is 2.43. The van der Waals surface area contributed by atoms with E-state index in [0.717, 1.165) is 28.6 Å². The topological polar surface area (TPSA) is 78.2 Å². The minimum Gasteiger partial charge on any atom is -0.497 e. The molecule has 1 amide bonds. The quantitative estimate of drug-likeness (QED) is 0.514. The van der Waals surface area contributed by atoms with Gasteiger partial charge < -0.3 is 14.6 Å². The fourth-order valence-corrected chi connectivity index (χ4v) is 3.62. The van der Waals surface area contributed by atoms with E-state index < -0.39 is 0 Å². The number of ether oxygens (including phenoxy) is 1. The number of amides is 1. The van der Waals surface area contributed by atoms with Crippen LogP contribution in [0.4, 0.5) is 0 Å². The zero-order chi connectivity index (χ0) is 21.1. The molecule has 7 heteroatoms. The van der Waals surface area contributed by atoms with Gasteiger partial charge in [-0.2, -0.15) is 0 Å². The molecule has 2 aromatic carbocycles. The zero-order valence-corrected chi connectivity index (χ0v) is 17.1. The van der Waals surface area contributed by atoms with Gasteiger partial charge in [0, 0.05) is 11.9 Å². The van der Waals surface area contributed by atoms with E-state index in [4.69, 9.17) is 4.74 Å². The molecule has 0 saturated carbocycles. The Balaban J connectivity index is 1.80. The van der Waals surface area contributed by atoms with Crippen molar-refractivity contribution in [2.24, 2.45) is 0 Å². The molecule has 0 aliphatic carbocycles. The standard InChI is InChI=1S/C23H24N4O3/c1-3-12-24-20(28)14-27-19-7-5-4-6-18(19)21-22(27)23(29)26(15-25-21)13-16-8-10-17(30-2)11-9-16/h4-11,15H,3,12-14H2,1-2H3,(H,24,28). The molecule has 0 bridgehead atoms. The Kier molecular flexibility index (Phi) is 5.52. The average Bonchev–Trinajstić information content (AvgIpc) is 3.09. The number of fused-ring (bicyclic) bond motifs is 3. The van der Waals surface area contributed by atoms with Crippen LogP contribution in [-0.2, 0) is 17.9 Å². The largest absolute Gasteiger partial charge is 0.497 e. The second-order valence-corrected chi connectivity index (χ2v) is 7.18. The summed E-state index contributed by atoms with van der Waals surface area (Å²) in [6.45, 7) is 3.07. The van der Waals surface area contributed by atoms with E-state index >= 15 is 0 Å². The van der Waals surface area contributed by atoms with Gasteiger partial charge in [0.15, 0.2) is 0 Å². The fourth-order valence-electron chi connectivity index (χ4n) is 3.62. The molecule has 4 aromatic rings. The van der Waals surface area contributed by atoms with Crippen LogP contribution in [0.1, 0.15) is 18.9 Å². The lowest BCUT2D eigenvalue weighted by atomic mass is 10.2. The third-order valence-corrected chi connectivity index (χ3v) is 5.12. The molecule has 0 spiro atoms. The highest BCUT2D eigenvalue weighted by Gasteiger charge is 2.18. The number of hydrogen-bond acceptors (Lipinski definition) is 4. The van der Waals surface area contributed by atoms with E-state index in [-0.39, 0.29) is 18.0 Å². The Hall–Kier alpha value is -3.61. The lowest BCUT2D eigenvalue weighted by molar-refractivity contribution is -0.121. The van der Waals surface area contributed by atoms with Gasteiger partial charge in [-0.25, -0.2) is 4.98 Å². The summed E-state index contributed by atoms with van der Waals surface area (Å²) in [4.78, 5) is 30.4. The van der Waals surface area contributed by atoms with Crippen LogP contribution in [0.15, 0.2) is 59.7 Å². The number of hydrogen-bond donors (Lipinski definition) is 1. The third-order valence-electron chi connectivity index (χ3n) is 5.12. The van der Waals surface area contributed by atoms with E-state index in [1.165, 1.54) is 0 Å². The molecule has 2 aromatic heterocycles. The van der Waals surface area contributed by atoms with Crippen molar-refractivity contribution in [2.45, 2.75) is 26.4 Å². The first-order valence-corrected chi connectivity index (χ1v) is 9.98. The van der Waals surface area contributed by atoms with Gasteiger partial charge >= 0.3 is 0 Å². The summed E-state index contributed by atoms with van der Waals surface area (Å²) in [5, 5.41) is 3.75. The maximum atomic E-state index is 13.4. The molecule has 0 saturated heterocycles. The van der Waals surface area contributed by atoms with E-state index in [2.05, 4.69) is 10.3 Å². The highest BCUT2D eigenvalue weighted by Crippen LogP contribution is 2.25. The van der Waals surface area contributed by atoms with Crippen molar-refractivity contribution in [3.8, 4) is 5.75 Å². The number of methoxy groups -OCH3 is 1.